The number of ether oxygens (including phenoxy) is 2. The molecule has 0 aliphatic heterocycles. The number of hydrogen-bond acceptors (Lipinski definition) is 10. The first-order valence-electron chi connectivity index (χ1n) is 17.4. The highest BCUT2D eigenvalue weighted by molar-refractivity contribution is 7.45. The van der Waals surface area contributed by atoms with Crippen LogP contribution in [-0.2, 0) is 37.5 Å². The maximum absolute atomic E-state index is 12.5. The van der Waals surface area contributed by atoms with Gasteiger partial charge in [-0.05, 0) is 25.3 Å². The fraction of sp³-hybridized carbons (Fsp3) is 0.853. The van der Waals surface area contributed by atoms with E-state index >= 15 is 0 Å². The third-order valence-electron chi connectivity index (χ3n) is 7.38. The highest BCUT2D eigenvalue weighted by atomic mass is 31.2. The number of hydrogen-bond donors (Lipinski definition) is 1. The first-order valence-corrected chi connectivity index (χ1v) is 18.9. The average molecular weight is 678 g/mol. The van der Waals surface area contributed by atoms with Gasteiger partial charge < -0.3 is 33.0 Å². The number of likely N-dealkylation sites (N-methyl/N-ethyl adjacent to an activating group) is 1. The molecule has 270 valence electrons. The van der Waals surface area contributed by atoms with Gasteiger partial charge in [-0.1, -0.05) is 97.0 Å². The third-order valence-corrected chi connectivity index (χ3v) is 8.34. The quantitative estimate of drug-likeness (QED) is 0.0296. The summed E-state index contributed by atoms with van der Waals surface area (Å²) in [5.41, 5.74) is 0. The van der Waals surface area contributed by atoms with Gasteiger partial charge in [0.15, 0.2) is 11.9 Å². The molecule has 0 aromatic heterocycles. The standard InChI is InChI=1S/C34H64NO10P/c1-6-8-9-10-11-12-13-14-15-16-17-18-19-22-33(38)42-28-32(29-44-46(40,41)43-27-26-35(3,4)5)45-34(39)23-20-21-31(37)25-24-30(36)7-2/h24-25,31-32,37H,6-23,26-29H2,1-5H3/t31?,32-/m1/s1. The van der Waals surface area contributed by atoms with E-state index in [2.05, 4.69) is 6.92 Å². The molecule has 0 bridgehead atoms. The fourth-order valence-electron chi connectivity index (χ4n) is 4.43. The van der Waals surface area contributed by atoms with E-state index in [9.17, 15) is 28.9 Å². The number of unbranched alkanes of at least 4 members (excludes halogenated alkanes) is 12. The minimum Gasteiger partial charge on any atom is -0.756 e. The maximum atomic E-state index is 12.5. The van der Waals surface area contributed by atoms with Gasteiger partial charge in [0.05, 0.1) is 33.9 Å². The molecule has 11 nitrogen and oxygen atoms in total. The summed E-state index contributed by atoms with van der Waals surface area (Å²) in [5, 5.41) is 9.97. The van der Waals surface area contributed by atoms with E-state index in [-0.39, 0.29) is 44.7 Å². The Bertz CT molecular complexity index is 890. The zero-order valence-electron chi connectivity index (χ0n) is 29.4. The normalized spacial score (nSPS) is 14.6. The third kappa shape index (κ3) is 29.8. The van der Waals surface area contributed by atoms with E-state index in [0.29, 0.717) is 23.9 Å². The highest BCUT2D eigenvalue weighted by Gasteiger charge is 2.22. The number of aliphatic hydroxyl groups excluding tert-OH is 1. The number of rotatable bonds is 31. The predicted octanol–water partition coefficient (Wildman–Crippen LogP) is 6.20. The molecule has 0 spiro atoms. The van der Waals surface area contributed by atoms with E-state index in [4.69, 9.17) is 18.5 Å². The summed E-state index contributed by atoms with van der Waals surface area (Å²) >= 11 is 0. The highest BCUT2D eigenvalue weighted by Crippen LogP contribution is 2.38. The monoisotopic (exact) mass is 677 g/mol. The topological polar surface area (TPSA) is 148 Å². The van der Waals surface area contributed by atoms with Crippen molar-refractivity contribution in [1.82, 2.24) is 0 Å². The Morgan fingerprint density at radius 2 is 1.33 bits per heavy atom. The van der Waals surface area contributed by atoms with Crippen LogP contribution in [0.15, 0.2) is 12.2 Å². The van der Waals surface area contributed by atoms with Crippen molar-refractivity contribution >= 4 is 25.5 Å². The van der Waals surface area contributed by atoms with Crippen molar-refractivity contribution in [2.24, 2.45) is 0 Å². The number of aliphatic hydroxyl groups is 1. The lowest BCUT2D eigenvalue weighted by Crippen LogP contribution is -2.37. The molecule has 0 aliphatic carbocycles. The first-order chi connectivity index (χ1) is 21.8. The number of ketones is 1. The summed E-state index contributed by atoms with van der Waals surface area (Å²) in [6, 6.07) is 0. The SMILES string of the molecule is CCCCCCCCCCCCCCCC(=O)OC[C@H](COP(=O)([O-])OCC[N+](C)(C)C)OC(=O)CCCC(O)C=CC(=O)CC. The van der Waals surface area contributed by atoms with Gasteiger partial charge in [0.1, 0.15) is 19.8 Å². The molecule has 0 amide bonds. The van der Waals surface area contributed by atoms with Gasteiger partial charge in [-0.2, -0.15) is 0 Å². The summed E-state index contributed by atoms with van der Waals surface area (Å²) < 4.78 is 33.3. The molecule has 3 atom stereocenters. The van der Waals surface area contributed by atoms with Gasteiger partial charge >= 0.3 is 11.9 Å². The van der Waals surface area contributed by atoms with Gasteiger partial charge in [-0.3, -0.25) is 18.9 Å². The Hall–Kier alpha value is -1.62. The number of carbonyl (C=O) groups excluding carboxylic acids is 3. The van der Waals surface area contributed by atoms with Crippen molar-refractivity contribution in [2.75, 3.05) is 47.5 Å². The molecule has 0 rings (SSSR count). The number of nitrogens with zero attached hydrogens (tertiary/aromatic N) is 1. The summed E-state index contributed by atoms with van der Waals surface area (Å²) in [5.74, 6) is -1.22. The Morgan fingerprint density at radius 1 is 0.783 bits per heavy atom. The zero-order chi connectivity index (χ0) is 34.7. The van der Waals surface area contributed by atoms with Crippen LogP contribution < -0.4 is 4.89 Å². The van der Waals surface area contributed by atoms with Crippen molar-refractivity contribution in [3.8, 4) is 0 Å². The second kappa shape index (κ2) is 27.3. The number of phosphoric acid groups is 1. The van der Waals surface area contributed by atoms with Crippen LogP contribution >= 0.6 is 7.82 Å². The van der Waals surface area contributed by atoms with Crippen molar-refractivity contribution in [3.63, 3.8) is 0 Å². The number of allylic oxidation sites excluding steroid dienone is 1. The molecule has 0 aromatic rings. The van der Waals surface area contributed by atoms with Gasteiger partial charge in [-0.15, -0.1) is 0 Å². The first kappa shape index (κ1) is 44.4. The molecule has 0 saturated heterocycles. The van der Waals surface area contributed by atoms with Crippen molar-refractivity contribution in [1.29, 1.82) is 0 Å². The number of esters is 2. The van der Waals surface area contributed by atoms with Crippen molar-refractivity contribution in [2.45, 2.75) is 142 Å². The van der Waals surface area contributed by atoms with Crippen molar-refractivity contribution < 1.29 is 52.0 Å². The molecule has 0 fully saturated rings. The lowest BCUT2D eigenvalue weighted by molar-refractivity contribution is -0.870. The van der Waals surface area contributed by atoms with Crippen LogP contribution in [0.1, 0.15) is 129 Å². The average Bonchev–Trinajstić information content (AvgIpc) is 2.98. The van der Waals surface area contributed by atoms with E-state index in [0.717, 1.165) is 19.3 Å². The van der Waals surface area contributed by atoms with Gasteiger partial charge in [0, 0.05) is 19.3 Å². The summed E-state index contributed by atoms with van der Waals surface area (Å²) in [4.78, 5) is 48.4. The molecule has 2 unspecified atom stereocenters. The number of phosphoric ester groups is 1. The molecule has 0 saturated carbocycles. The van der Waals surface area contributed by atoms with Gasteiger partial charge in [-0.25, -0.2) is 0 Å². The molecule has 12 heteroatoms. The summed E-state index contributed by atoms with van der Waals surface area (Å²) in [6.07, 6.45) is 17.2. The molecule has 46 heavy (non-hydrogen) atoms. The Kier molecular flexibility index (Phi) is 26.4. The molecular weight excluding hydrogens is 613 g/mol. The van der Waals surface area contributed by atoms with Crippen LogP contribution in [0.5, 0.6) is 0 Å². The molecule has 0 aromatic carbocycles. The van der Waals surface area contributed by atoms with E-state index in [1.807, 2.05) is 21.1 Å². The molecule has 0 heterocycles. The van der Waals surface area contributed by atoms with Gasteiger partial charge in [0.2, 0.25) is 0 Å². The Labute approximate surface area is 278 Å². The van der Waals surface area contributed by atoms with E-state index < -0.39 is 38.6 Å². The van der Waals surface area contributed by atoms with Crippen LogP contribution in [0.3, 0.4) is 0 Å². The number of quaternary nitrogens is 1. The van der Waals surface area contributed by atoms with Gasteiger partial charge in [0.25, 0.3) is 7.82 Å². The van der Waals surface area contributed by atoms with Crippen LogP contribution in [-0.4, -0.2) is 87.0 Å². The van der Waals surface area contributed by atoms with Crippen LogP contribution in [0, 0.1) is 0 Å². The largest absolute Gasteiger partial charge is 0.756 e. The molecule has 0 aliphatic rings. The minimum atomic E-state index is -4.68. The van der Waals surface area contributed by atoms with E-state index in [1.54, 1.807) is 6.92 Å². The predicted molar refractivity (Wildman–Crippen MR) is 178 cm³/mol. The summed E-state index contributed by atoms with van der Waals surface area (Å²) in [7, 11) is 0.992. The Morgan fingerprint density at radius 3 is 1.87 bits per heavy atom. The smallest absolute Gasteiger partial charge is 0.306 e. The maximum Gasteiger partial charge on any atom is 0.306 e. The van der Waals surface area contributed by atoms with Crippen LogP contribution in [0.4, 0.5) is 0 Å². The number of carbonyl (C=O) groups is 3. The molecule has 0 radical (unpaired) electrons. The second-order valence-corrected chi connectivity index (χ2v) is 14.4. The van der Waals surface area contributed by atoms with Crippen LogP contribution in [0.25, 0.3) is 0 Å². The fourth-order valence-corrected chi connectivity index (χ4v) is 5.16. The minimum absolute atomic E-state index is 0.0644. The van der Waals surface area contributed by atoms with E-state index in [1.165, 1.54) is 69.9 Å². The zero-order valence-corrected chi connectivity index (χ0v) is 30.3. The Balaban J connectivity index is 4.56. The van der Waals surface area contributed by atoms with Crippen molar-refractivity contribution in [3.05, 3.63) is 12.2 Å². The molecular formula is C34H64NO10P. The lowest BCUT2D eigenvalue weighted by atomic mass is 10.0. The summed E-state index contributed by atoms with van der Waals surface area (Å²) in [6.45, 7) is 3.38. The lowest BCUT2D eigenvalue weighted by Gasteiger charge is -2.28. The second-order valence-electron chi connectivity index (χ2n) is 13.0. The molecule has 1 N–H and O–H groups in total. The van der Waals surface area contributed by atoms with Crippen LogP contribution in [0.2, 0.25) is 0 Å².